The molecule has 0 spiro atoms. The van der Waals surface area contributed by atoms with Crippen LogP contribution in [0.4, 0.5) is 21.0 Å². The minimum absolute atomic E-state index is 0.0987. The summed E-state index contributed by atoms with van der Waals surface area (Å²) >= 11 is 0. The molecule has 0 radical (unpaired) electrons. The molecule has 36 heavy (non-hydrogen) atoms. The summed E-state index contributed by atoms with van der Waals surface area (Å²) in [4.78, 5) is 31.0. The highest BCUT2D eigenvalue weighted by Crippen LogP contribution is 2.42. The molecule has 4 rings (SSSR count). The lowest BCUT2D eigenvalue weighted by molar-refractivity contribution is 0.0200. The summed E-state index contributed by atoms with van der Waals surface area (Å²) in [6.45, 7) is 11.7. The van der Waals surface area contributed by atoms with Crippen LogP contribution in [0.1, 0.15) is 39.2 Å². The third-order valence-electron chi connectivity index (χ3n) is 6.39. The molecule has 8 nitrogen and oxygen atoms in total. The highest BCUT2D eigenvalue weighted by Gasteiger charge is 2.36. The van der Waals surface area contributed by atoms with E-state index < -0.39 is 17.8 Å². The van der Waals surface area contributed by atoms with E-state index in [-0.39, 0.29) is 18.7 Å². The minimum Gasteiger partial charge on any atom is -0.444 e. The van der Waals surface area contributed by atoms with E-state index in [1.165, 1.54) is 0 Å². The van der Waals surface area contributed by atoms with Gasteiger partial charge in [-0.15, -0.1) is 0 Å². The van der Waals surface area contributed by atoms with Crippen LogP contribution >= 0.6 is 0 Å². The Labute approximate surface area is 213 Å². The van der Waals surface area contributed by atoms with Crippen LogP contribution in [0.25, 0.3) is 0 Å². The van der Waals surface area contributed by atoms with Gasteiger partial charge in [-0.25, -0.2) is 9.59 Å². The zero-order chi connectivity index (χ0) is 25.9. The Morgan fingerprint density at radius 2 is 1.72 bits per heavy atom. The lowest BCUT2D eigenvalue weighted by atomic mass is 10.0. The number of fused-ring (bicyclic) bond motifs is 1. The van der Waals surface area contributed by atoms with Crippen LogP contribution in [0.5, 0.6) is 5.75 Å². The Balaban J connectivity index is 1.44. The molecule has 0 unspecified atom stereocenters. The fourth-order valence-electron chi connectivity index (χ4n) is 4.55. The van der Waals surface area contributed by atoms with E-state index in [1.807, 2.05) is 69.3 Å². The number of nitrogens with zero attached hydrogens (tertiary/aromatic N) is 3. The number of hydrogen-bond acceptors (Lipinski definition) is 6. The van der Waals surface area contributed by atoms with Crippen molar-refractivity contribution in [1.29, 1.82) is 0 Å². The number of amides is 2. The first-order valence-corrected chi connectivity index (χ1v) is 12.4. The SMILES string of the molecule is [CH2+][C@H]1CN(C(=O)OCc2ccccc2)c2cccc(N3CCC(N(C)C(=O)OC(C)(C)C)CC3)c2O1. The zero-order valence-electron chi connectivity index (χ0n) is 21.6. The van der Waals surface area contributed by atoms with Gasteiger partial charge in [0.2, 0.25) is 0 Å². The fourth-order valence-corrected chi connectivity index (χ4v) is 4.55. The van der Waals surface area contributed by atoms with Crippen molar-refractivity contribution in [3.8, 4) is 5.75 Å². The van der Waals surface area contributed by atoms with E-state index in [2.05, 4.69) is 11.8 Å². The van der Waals surface area contributed by atoms with Gasteiger partial charge in [-0.3, -0.25) is 4.90 Å². The van der Waals surface area contributed by atoms with Crippen molar-refractivity contribution in [1.82, 2.24) is 4.90 Å². The van der Waals surface area contributed by atoms with Gasteiger partial charge in [0.15, 0.2) is 5.75 Å². The molecule has 1 fully saturated rings. The van der Waals surface area contributed by atoms with Crippen molar-refractivity contribution < 1.29 is 23.8 Å². The molecular weight excluding hydrogens is 458 g/mol. The molecular formula is C28H36N3O5+. The number of anilines is 2. The van der Waals surface area contributed by atoms with Crippen LogP contribution in [0.3, 0.4) is 0 Å². The van der Waals surface area contributed by atoms with Crippen LogP contribution in [-0.2, 0) is 16.1 Å². The molecule has 2 amide bonds. The second-order valence-corrected chi connectivity index (χ2v) is 10.3. The Kier molecular flexibility index (Phi) is 7.52. The van der Waals surface area contributed by atoms with Gasteiger partial charge in [-0.2, -0.15) is 0 Å². The topological polar surface area (TPSA) is 71.6 Å². The van der Waals surface area contributed by atoms with E-state index in [0.717, 1.165) is 37.2 Å². The van der Waals surface area contributed by atoms with Crippen LogP contribution in [0.15, 0.2) is 48.5 Å². The second kappa shape index (κ2) is 10.6. The molecule has 2 aromatic rings. The molecule has 0 aliphatic carbocycles. The molecule has 2 aromatic carbocycles. The summed E-state index contributed by atoms with van der Waals surface area (Å²) in [6, 6.07) is 15.5. The number of piperidine rings is 1. The van der Waals surface area contributed by atoms with Crippen LogP contribution in [0.2, 0.25) is 0 Å². The van der Waals surface area contributed by atoms with Crippen molar-refractivity contribution in [3.05, 3.63) is 61.0 Å². The van der Waals surface area contributed by atoms with E-state index in [4.69, 9.17) is 14.2 Å². The van der Waals surface area contributed by atoms with Crippen molar-refractivity contribution in [3.63, 3.8) is 0 Å². The van der Waals surface area contributed by atoms with Crippen LogP contribution in [0, 0.1) is 6.92 Å². The molecule has 0 N–H and O–H groups in total. The average molecular weight is 495 g/mol. The molecule has 2 aliphatic heterocycles. The number of carbonyl (C=O) groups excluding carboxylic acids is 2. The van der Waals surface area contributed by atoms with Gasteiger partial charge in [0.25, 0.3) is 6.10 Å². The molecule has 1 atom stereocenters. The van der Waals surface area contributed by atoms with Gasteiger partial charge in [0.05, 0.1) is 11.4 Å². The molecule has 1 saturated heterocycles. The Morgan fingerprint density at radius 1 is 1.06 bits per heavy atom. The van der Waals surface area contributed by atoms with Gasteiger partial charge in [-0.05, 0) is 51.3 Å². The van der Waals surface area contributed by atoms with Crippen LogP contribution < -0.4 is 14.5 Å². The monoisotopic (exact) mass is 494 g/mol. The number of benzene rings is 2. The van der Waals surface area contributed by atoms with Crippen molar-refractivity contribution >= 4 is 23.6 Å². The summed E-state index contributed by atoms with van der Waals surface area (Å²) in [5.74, 6) is 0.638. The first kappa shape index (κ1) is 25.5. The van der Waals surface area contributed by atoms with Crippen molar-refractivity contribution in [2.45, 2.75) is 58.0 Å². The third kappa shape index (κ3) is 5.98. The number of carbonyl (C=O) groups is 2. The predicted molar refractivity (Wildman–Crippen MR) is 139 cm³/mol. The maximum absolute atomic E-state index is 13.0. The fraction of sp³-hybridized carbons (Fsp3) is 0.464. The Bertz CT molecular complexity index is 1060. The summed E-state index contributed by atoms with van der Waals surface area (Å²) in [5, 5.41) is 0. The number of ether oxygens (including phenoxy) is 3. The summed E-state index contributed by atoms with van der Waals surface area (Å²) in [6.07, 6.45) is 0.461. The lowest BCUT2D eigenvalue weighted by Gasteiger charge is -2.40. The zero-order valence-corrected chi connectivity index (χ0v) is 21.6. The highest BCUT2D eigenvalue weighted by molar-refractivity contribution is 5.92. The first-order chi connectivity index (χ1) is 17.1. The van der Waals surface area contributed by atoms with E-state index in [1.54, 1.807) is 16.8 Å². The third-order valence-corrected chi connectivity index (χ3v) is 6.39. The van der Waals surface area contributed by atoms with Gasteiger partial charge in [0, 0.05) is 26.2 Å². The molecule has 0 aromatic heterocycles. The summed E-state index contributed by atoms with van der Waals surface area (Å²) in [5.41, 5.74) is 2.00. The summed E-state index contributed by atoms with van der Waals surface area (Å²) < 4.78 is 17.3. The van der Waals surface area contributed by atoms with Gasteiger partial charge < -0.3 is 24.0 Å². The smallest absolute Gasteiger partial charge is 0.415 e. The van der Waals surface area contributed by atoms with Crippen LogP contribution in [-0.4, -0.2) is 61.5 Å². The number of hydrogen-bond donors (Lipinski definition) is 0. The van der Waals surface area contributed by atoms with Gasteiger partial charge in [0.1, 0.15) is 25.7 Å². The maximum atomic E-state index is 13.0. The lowest BCUT2D eigenvalue weighted by Crippen LogP contribution is -2.47. The number of rotatable bonds is 4. The standard InChI is InChI=1S/C28H36N3O5/c1-20-18-31(27(33)34-19-21-10-7-6-8-11-21)24-13-9-12-23(25(24)35-20)30-16-14-22(15-17-30)29(5)26(32)36-28(2,3)4/h6-13,20,22H,1,14-19H2,2-5H3/q+1/t20-/m0/s1. The van der Waals surface area contributed by atoms with Crippen molar-refractivity contribution in [2.24, 2.45) is 0 Å². The normalized spacial score (nSPS) is 18.2. The highest BCUT2D eigenvalue weighted by atomic mass is 16.6. The molecule has 8 heteroatoms. The first-order valence-electron chi connectivity index (χ1n) is 12.4. The molecule has 0 bridgehead atoms. The predicted octanol–water partition coefficient (Wildman–Crippen LogP) is 5.26. The van der Waals surface area contributed by atoms with E-state index >= 15 is 0 Å². The van der Waals surface area contributed by atoms with Gasteiger partial charge in [-0.1, -0.05) is 36.4 Å². The van der Waals surface area contributed by atoms with E-state index in [0.29, 0.717) is 18.0 Å². The molecule has 2 aliphatic rings. The minimum atomic E-state index is -0.522. The second-order valence-electron chi connectivity index (χ2n) is 10.3. The quantitative estimate of drug-likeness (QED) is 0.540. The number of para-hydroxylation sites is 1. The van der Waals surface area contributed by atoms with Crippen molar-refractivity contribution in [2.75, 3.05) is 36.5 Å². The largest absolute Gasteiger partial charge is 0.444 e. The Morgan fingerprint density at radius 3 is 2.39 bits per heavy atom. The maximum Gasteiger partial charge on any atom is 0.415 e. The van der Waals surface area contributed by atoms with E-state index in [9.17, 15) is 9.59 Å². The average Bonchev–Trinajstić information content (AvgIpc) is 2.85. The molecule has 192 valence electrons. The summed E-state index contributed by atoms with van der Waals surface area (Å²) in [7, 11) is 1.80. The Hall–Kier alpha value is -3.55. The van der Waals surface area contributed by atoms with Gasteiger partial charge >= 0.3 is 12.2 Å². The molecule has 2 heterocycles. The molecule has 0 saturated carbocycles.